The number of hydrogen-bond donors (Lipinski definition) is 1. The summed E-state index contributed by atoms with van der Waals surface area (Å²) in [6.07, 6.45) is 16.3. The van der Waals surface area contributed by atoms with Crippen molar-refractivity contribution in [2.24, 2.45) is 0 Å². The van der Waals surface area contributed by atoms with Crippen LogP contribution in [-0.2, 0) is 0 Å². The molecule has 0 unspecified atom stereocenters. The zero-order chi connectivity index (χ0) is 16.9. The number of rotatable bonds is 4. The van der Waals surface area contributed by atoms with Gasteiger partial charge in [0.1, 0.15) is 6.33 Å². The summed E-state index contributed by atoms with van der Waals surface area (Å²) in [5.41, 5.74) is 1.96. The van der Waals surface area contributed by atoms with E-state index in [9.17, 15) is 0 Å². The second-order valence-electron chi connectivity index (χ2n) is 7.16. The Balaban J connectivity index is 1.37. The van der Waals surface area contributed by atoms with Crippen LogP contribution in [0.15, 0.2) is 31.0 Å². The van der Waals surface area contributed by atoms with Crippen LogP contribution in [0.5, 0.6) is 0 Å². The highest BCUT2D eigenvalue weighted by molar-refractivity contribution is 5.49. The van der Waals surface area contributed by atoms with Crippen LogP contribution in [0.4, 0.5) is 11.6 Å². The van der Waals surface area contributed by atoms with E-state index in [1.54, 1.807) is 12.4 Å². The van der Waals surface area contributed by atoms with Crippen LogP contribution < -0.4 is 5.32 Å². The Morgan fingerprint density at radius 2 is 1.72 bits per heavy atom. The topological polar surface area (TPSA) is 66.8 Å². The SMILES string of the molecule is c1ncc(Nc2nccc(C3CCN(C4CCCCC4)CC3)n2)cn1. The Hall–Kier alpha value is -2.08. The van der Waals surface area contributed by atoms with Crippen molar-refractivity contribution in [1.29, 1.82) is 0 Å². The maximum absolute atomic E-state index is 4.73. The van der Waals surface area contributed by atoms with E-state index in [0.29, 0.717) is 11.9 Å². The fraction of sp³-hybridized carbons (Fsp3) is 0.579. The minimum Gasteiger partial charge on any atom is -0.322 e. The average Bonchev–Trinajstić information content (AvgIpc) is 2.70. The molecule has 1 N–H and O–H groups in total. The zero-order valence-corrected chi connectivity index (χ0v) is 14.6. The third kappa shape index (κ3) is 4.12. The molecule has 3 heterocycles. The first-order valence-electron chi connectivity index (χ1n) is 9.47. The van der Waals surface area contributed by atoms with E-state index in [1.165, 1.54) is 64.4 Å². The standard InChI is InChI=1S/C19H26N6/c1-2-4-17(5-3-1)25-10-7-15(8-11-25)18-6-9-22-19(24-18)23-16-12-20-14-21-13-16/h6,9,12-15,17H,1-5,7-8,10-11H2,(H,22,23,24). The minimum atomic E-state index is 0.537. The average molecular weight is 338 g/mol. The van der Waals surface area contributed by atoms with E-state index in [1.807, 2.05) is 6.20 Å². The Bertz CT molecular complexity index is 663. The summed E-state index contributed by atoms with van der Waals surface area (Å²) >= 11 is 0. The Kier molecular flexibility index (Phi) is 5.16. The normalized spacial score (nSPS) is 20.5. The van der Waals surface area contributed by atoms with E-state index < -0.39 is 0 Å². The largest absolute Gasteiger partial charge is 0.322 e. The molecule has 0 spiro atoms. The molecule has 0 atom stereocenters. The predicted octanol–water partition coefficient (Wildman–Crippen LogP) is 3.52. The fourth-order valence-electron chi connectivity index (χ4n) is 4.16. The van der Waals surface area contributed by atoms with Gasteiger partial charge in [0.25, 0.3) is 0 Å². The lowest BCUT2D eigenvalue weighted by Gasteiger charge is -2.39. The molecule has 1 aliphatic carbocycles. The maximum Gasteiger partial charge on any atom is 0.227 e. The van der Waals surface area contributed by atoms with Gasteiger partial charge in [-0.3, -0.25) is 0 Å². The smallest absolute Gasteiger partial charge is 0.227 e. The molecule has 2 aromatic rings. The lowest BCUT2D eigenvalue weighted by atomic mass is 9.89. The van der Waals surface area contributed by atoms with Crippen LogP contribution in [0.3, 0.4) is 0 Å². The maximum atomic E-state index is 4.73. The number of nitrogens with zero attached hydrogens (tertiary/aromatic N) is 5. The van der Waals surface area contributed by atoms with Gasteiger partial charge in [-0.2, -0.15) is 0 Å². The molecular weight excluding hydrogens is 312 g/mol. The number of hydrogen-bond acceptors (Lipinski definition) is 6. The number of aromatic nitrogens is 4. The summed E-state index contributed by atoms with van der Waals surface area (Å²) in [5, 5.41) is 3.19. The van der Waals surface area contributed by atoms with Crippen molar-refractivity contribution < 1.29 is 0 Å². The molecule has 0 amide bonds. The third-order valence-corrected chi connectivity index (χ3v) is 5.53. The number of likely N-dealkylation sites (tertiary alicyclic amines) is 1. The molecule has 4 rings (SSSR count). The number of nitrogens with one attached hydrogen (secondary N) is 1. The van der Waals surface area contributed by atoms with Crippen LogP contribution in [0.2, 0.25) is 0 Å². The fourth-order valence-corrected chi connectivity index (χ4v) is 4.16. The molecule has 0 radical (unpaired) electrons. The summed E-state index contributed by atoms with van der Waals surface area (Å²) in [6.45, 7) is 2.41. The minimum absolute atomic E-state index is 0.537. The molecule has 2 aromatic heterocycles. The lowest BCUT2D eigenvalue weighted by Crippen LogP contribution is -2.42. The van der Waals surface area contributed by atoms with Gasteiger partial charge < -0.3 is 10.2 Å². The van der Waals surface area contributed by atoms with Gasteiger partial charge in [0.15, 0.2) is 0 Å². The van der Waals surface area contributed by atoms with Gasteiger partial charge >= 0.3 is 0 Å². The monoisotopic (exact) mass is 338 g/mol. The van der Waals surface area contributed by atoms with Crippen molar-refractivity contribution in [1.82, 2.24) is 24.8 Å². The Morgan fingerprint density at radius 3 is 2.48 bits per heavy atom. The highest BCUT2D eigenvalue weighted by atomic mass is 15.2. The van der Waals surface area contributed by atoms with E-state index >= 15 is 0 Å². The highest BCUT2D eigenvalue weighted by Gasteiger charge is 2.27. The predicted molar refractivity (Wildman–Crippen MR) is 97.8 cm³/mol. The van der Waals surface area contributed by atoms with Gasteiger partial charge in [0.05, 0.1) is 18.1 Å². The summed E-state index contributed by atoms with van der Waals surface area (Å²) in [6, 6.07) is 2.89. The number of piperidine rings is 1. The molecule has 25 heavy (non-hydrogen) atoms. The van der Waals surface area contributed by atoms with E-state index in [4.69, 9.17) is 4.98 Å². The van der Waals surface area contributed by atoms with Gasteiger partial charge in [-0.25, -0.2) is 19.9 Å². The van der Waals surface area contributed by atoms with Crippen molar-refractivity contribution in [2.75, 3.05) is 18.4 Å². The quantitative estimate of drug-likeness (QED) is 0.920. The summed E-state index contributed by atoms with van der Waals surface area (Å²) < 4.78 is 0. The molecule has 0 bridgehead atoms. The molecule has 1 saturated heterocycles. The zero-order valence-electron chi connectivity index (χ0n) is 14.6. The van der Waals surface area contributed by atoms with Gasteiger partial charge in [-0.15, -0.1) is 0 Å². The second-order valence-corrected chi connectivity index (χ2v) is 7.16. The van der Waals surface area contributed by atoms with Gasteiger partial charge in [-0.1, -0.05) is 19.3 Å². The van der Waals surface area contributed by atoms with Crippen molar-refractivity contribution in [2.45, 2.75) is 56.9 Å². The molecule has 2 aliphatic rings. The van der Waals surface area contributed by atoms with Crippen molar-refractivity contribution >= 4 is 11.6 Å². The van der Waals surface area contributed by atoms with Crippen molar-refractivity contribution in [3.63, 3.8) is 0 Å². The highest BCUT2D eigenvalue weighted by Crippen LogP contribution is 2.31. The van der Waals surface area contributed by atoms with Crippen LogP contribution in [0.25, 0.3) is 0 Å². The second kappa shape index (κ2) is 7.87. The van der Waals surface area contributed by atoms with E-state index in [2.05, 4.69) is 31.2 Å². The molecule has 0 aromatic carbocycles. The third-order valence-electron chi connectivity index (χ3n) is 5.53. The molecule has 2 fully saturated rings. The van der Waals surface area contributed by atoms with Crippen molar-refractivity contribution in [3.05, 3.63) is 36.7 Å². The summed E-state index contributed by atoms with van der Waals surface area (Å²) in [7, 11) is 0. The van der Waals surface area contributed by atoms with Crippen LogP contribution in [-0.4, -0.2) is 44.0 Å². The van der Waals surface area contributed by atoms with E-state index in [-0.39, 0.29) is 0 Å². The lowest BCUT2D eigenvalue weighted by molar-refractivity contribution is 0.121. The molecule has 6 heteroatoms. The van der Waals surface area contributed by atoms with Crippen molar-refractivity contribution in [3.8, 4) is 0 Å². The first-order valence-corrected chi connectivity index (χ1v) is 9.47. The van der Waals surface area contributed by atoms with E-state index in [0.717, 1.165) is 17.4 Å². The van der Waals surface area contributed by atoms with Gasteiger partial charge in [0.2, 0.25) is 5.95 Å². The van der Waals surface area contributed by atoms with Crippen LogP contribution in [0.1, 0.15) is 56.6 Å². The first kappa shape index (κ1) is 16.4. The number of anilines is 2. The first-order chi connectivity index (χ1) is 12.4. The van der Waals surface area contributed by atoms with Gasteiger partial charge in [-0.05, 0) is 44.8 Å². The molecular formula is C19H26N6. The summed E-state index contributed by atoms with van der Waals surface area (Å²) in [5.74, 6) is 1.16. The Labute approximate surface area is 149 Å². The Morgan fingerprint density at radius 1 is 0.960 bits per heavy atom. The molecule has 1 saturated carbocycles. The molecule has 6 nitrogen and oxygen atoms in total. The molecule has 132 valence electrons. The molecule has 1 aliphatic heterocycles. The van der Waals surface area contributed by atoms with Crippen LogP contribution >= 0.6 is 0 Å². The van der Waals surface area contributed by atoms with Crippen LogP contribution in [0, 0.1) is 0 Å². The summed E-state index contributed by atoms with van der Waals surface area (Å²) in [4.78, 5) is 19.8. The van der Waals surface area contributed by atoms with Gasteiger partial charge in [0, 0.05) is 23.9 Å².